The van der Waals surface area contributed by atoms with Crippen LogP contribution in [0, 0.1) is 11.2 Å². The van der Waals surface area contributed by atoms with Crippen LogP contribution in [0.5, 0.6) is 0 Å². The Hall–Kier alpha value is -3.21. The Morgan fingerprint density at radius 2 is 1.76 bits per heavy atom. The molecule has 1 aromatic heterocycles. The number of aromatic nitrogens is 2. The van der Waals surface area contributed by atoms with Gasteiger partial charge in [-0.1, -0.05) is 56.3 Å². The standard InChI is InChI=1S/C24H22FN3O/c1-24(2)12-17-20(18(29)13-24)19(14-8-10-16(25)11-9-14)21-22(27-28-23(21)26-17)15-6-4-3-5-7-15/h3-11,19H,12-13H2,1-2H3,(H2,26,27,28). The number of nitrogens with one attached hydrogen (secondary N) is 2. The average molecular weight is 387 g/mol. The van der Waals surface area contributed by atoms with Gasteiger partial charge in [-0.05, 0) is 35.1 Å². The fourth-order valence-electron chi connectivity index (χ4n) is 4.61. The molecule has 146 valence electrons. The van der Waals surface area contributed by atoms with E-state index in [4.69, 9.17) is 0 Å². The minimum atomic E-state index is -0.288. The molecular weight excluding hydrogens is 365 g/mol. The topological polar surface area (TPSA) is 57.8 Å². The summed E-state index contributed by atoms with van der Waals surface area (Å²) < 4.78 is 13.6. The molecule has 4 nitrogen and oxygen atoms in total. The number of Topliss-reactive ketones (excluding diaryl/α,β-unsaturated/α-hetero) is 1. The molecule has 1 aliphatic carbocycles. The quantitative estimate of drug-likeness (QED) is 0.618. The van der Waals surface area contributed by atoms with Crippen LogP contribution in [-0.4, -0.2) is 16.0 Å². The number of anilines is 1. The van der Waals surface area contributed by atoms with Crippen molar-refractivity contribution in [3.05, 3.63) is 82.8 Å². The Labute approximate surface area is 168 Å². The first-order valence-corrected chi connectivity index (χ1v) is 9.85. The number of benzene rings is 2. The Morgan fingerprint density at radius 1 is 1.03 bits per heavy atom. The van der Waals surface area contributed by atoms with E-state index in [0.717, 1.165) is 45.9 Å². The van der Waals surface area contributed by atoms with Crippen LogP contribution in [0.4, 0.5) is 10.2 Å². The molecule has 0 spiro atoms. The predicted molar refractivity (Wildman–Crippen MR) is 111 cm³/mol. The third-order valence-corrected chi connectivity index (χ3v) is 5.84. The van der Waals surface area contributed by atoms with Crippen LogP contribution in [0.15, 0.2) is 65.9 Å². The van der Waals surface area contributed by atoms with Crippen LogP contribution in [0.3, 0.4) is 0 Å². The molecule has 0 fully saturated rings. The fourth-order valence-corrected chi connectivity index (χ4v) is 4.61. The molecule has 3 aromatic rings. The van der Waals surface area contributed by atoms with Gasteiger partial charge in [0, 0.05) is 29.2 Å². The van der Waals surface area contributed by atoms with Crippen molar-refractivity contribution in [1.82, 2.24) is 10.2 Å². The first kappa shape index (κ1) is 17.9. The number of nitrogens with zero attached hydrogens (tertiary/aromatic N) is 1. The summed E-state index contributed by atoms with van der Waals surface area (Å²) in [5, 5.41) is 11.1. The van der Waals surface area contributed by atoms with E-state index in [9.17, 15) is 9.18 Å². The molecule has 5 heteroatoms. The maximum Gasteiger partial charge on any atom is 0.162 e. The summed E-state index contributed by atoms with van der Waals surface area (Å²) in [6, 6.07) is 16.4. The molecule has 1 unspecified atom stereocenters. The summed E-state index contributed by atoms with van der Waals surface area (Å²) >= 11 is 0. The lowest BCUT2D eigenvalue weighted by Gasteiger charge is -2.38. The SMILES string of the molecule is CC1(C)CC(=O)C2=C(C1)Nc1n[nH]c(-c3ccccc3)c1C2c1ccc(F)cc1. The van der Waals surface area contributed by atoms with Gasteiger partial charge in [-0.15, -0.1) is 0 Å². The normalized spacial score (nSPS) is 20.1. The molecule has 0 saturated heterocycles. The van der Waals surface area contributed by atoms with Crippen molar-refractivity contribution in [1.29, 1.82) is 0 Å². The van der Waals surface area contributed by atoms with Gasteiger partial charge in [-0.2, -0.15) is 5.10 Å². The lowest BCUT2D eigenvalue weighted by atomic mass is 9.69. The fraction of sp³-hybridized carbons (Fsp3) is 0.250. The number of hydrogen-bond donors (Lipinski definition) is 2. The minimum Gasteiger partial charge on any atom is -0.342 e. The monoisotopic (exact) mass is 387 g/mol. The molecule has 0 amide bonds. The van der Waals surface area contributed by atoms with Gasteiger partial charge in [-0.25, -0.2) is 4.39 Å². The van der Waals surface area contributed by atoms with Crippen LogP contribution >= 0.6 is 0 Å². The summed E-state index contributed by atoms with van der Waals surface area (Å²) in [5.74, 6) is 0.314. The van der Waals surface area contributed by atoms with E-state index in [-0.39, 0.29) is 22.9 Å². The Kier molecular flexibility index (Phi) is 3.95. The first-order chi connectivity index (χ1) is 13.9. The molecule has 5 rings (SSSR count). The van der Waals surface area contributed by atoms with E-state index < -0.39 is 0 Å². The van der Waals surface area contributed by atoms with Crippen molar-refractivity contribution >= 4 is 11.6 Å². The van der Waals surface area contributed by atoms with E-state index in [2.05, 4.69) is 29.4 Å². The molecule has 0 bridgehead atoms. The zero-order chi connectivity index (χ0) is 20.2. The van der Waals surface area contributed by atoms with Gasteiger partial charge < -0.3 is 5.32 Å². The second-order valence-electron chi connectivity index (χ2n) is 8.67. The highest BCUT2D eigenvalue weighted by Gasteiger charge is 2.42. The number of halogens is 1. The number of fused-ring (bicyclic) bond motifs is 1. The second kappa shape index (κ2) is 6.41. The lowest BCUT2D eigenvalue weighted by Crippen LogP contribution is -2.33. The molecule has 1 atom stereocenters. The zero-order valence-electron chi connectivity index (χ0n) is 16.4. The first-order valence-electron chi connectivity index (χ1n) is 9.85. The summed E-state index contributed by atoms with van der Waals surface area (Å²) in [6.07, 6.45) is 1.28. The van der Waals surface area contributed by atoms with E-state index in [0.29, 0.717) is 6.42 Å². The maximum absolute atomic E-state index is 13.6. The molecule has 2 aromatic carbocycles. The number of aromatic amines is 1. The van der Waals surface area contributed by atoms with Crippen molar-refractivity contribution in [2.45, 2.75) is 32.6 Å². The molecule has 0 radical (unpaired) electrons. The van der Waals surface area contributed by atoms with Crippen LogP contribution in [-0.2, 0) is 4.79 Å². The van der Waals surface area contributed by atoms with E-state index in [1.54, 1.807) is 12.1 Å². The number of allylic oxidation sites excluding steroid dienone is 2. The molecule has 29 heavy (non-hydrogen) atoms. The van der Waals surface area contributed by atoms with Crippen molar-refractivity contribution in [3.8, 4) is 11.3 Å². The van der Waals surface area contributed by atoms with Gasteiger partial charge in [0.05, 0.1) is 5.69 Å². The van der Waals surface area contributed by atoms with E-state index >= 15 is 0 Å². The van der Waals surface area contributed by atoms with E-state index in [1.807, 2.05) is 30.3 Å². The highest BCUT2D eigenvalue weighted by Crippen LogP contribution is 2.50. The van der Waals surface area contributed by atoms with Crippen LogP contribution in [0.2, 0.25) is 0 Å². The molecular formula is C24H22FN3O. The molecule has 2 N–H and O–H groups in total. The highest BCUT2D eigenvalue weighted by atomic mass is 19.1. The van der Waals surface area contributed by atoms with Gasteiger partial charge in [0.2, 0.25) is 0 Å². The summed E-state index contributed by atoms with van der Waals surface area (Å²) in [5.41, 5.74) is 5.32. The van der Waals surface area contributed by atoms with Gasteiger partial charge >= 0.3 is 0 Å². The van der Waals surface area contributed by atoms with Crippen LogP contribution in [0.1, 0.15) is 43.7 Å². The van der Waals surface area contributed by atoms with Crippen molar-refractivity contribution in [2.24, 2.45) is 5.41 Å². The number of carbonyl (C=O) groups is 1. The zero-order valence-corrected chi connectivity index (χ0v) is 16.4. The second-order valence-corrected chi connectivity index (χ2v) is 8.67. The van der Waals surface area contributed by atoms with Crippen molar-refractivity contribution in [2.75, 3.05) is 5.32 Å². The largest absolute Gasteiger partial charge is 0.342 e. The average Bonchev–Trinajstić information content (AvgIpc) is 3.10. The Morgan fingerprint density at radius 3 is 2.48 bits per heavy atom. The Bertz CT molecular complexity index is 1130. The van der Waals surface area contributed by atoms with Gasteiger partial charge in [0.15, 0.2) is 11.6 Å². The predicted octanol–water partition coefficient (Wildman–Crippen LogP) is 5.42. The van der Waals surface area contributed by atoms with Gasteiger partial charge in [-0.3, -0.25) is 9.89 Å². The smallest absolute Gasteiger partial charge is 0.162 e. The van der Waals surface area contributed by atoms with Crippen molar-refractivity contribution in [3.63, 3.8) is 0 Å². The third-order valence-electron chi connectivity index (χ3n) is 5.84. The number of H-pyrrole nitrogens is 1. The molecule has 1 aliphatic heterocycles. The third kappa shape index (κ3) is 2.97. The number of ketones is 1. The lowest BCUT2D eigenvalue weighted by molar-refractivity contribution is -0.118. The van der Waals surface area contributed by atoms with Crippen molar-refractivity contribution < 1.29 is 9.18 Å². The molecule has 0 saturated carbocycles. The number of carbonyl (C=O) groups excluding carboxylic acids is 1. The number of rotatable bonds is 2. The molecule has 2 aliphatic rings. The maximum atomic E-state index is 13.6. The Balaban J connectivity index is 1.74. The van der Waals surface area contributed by atoms with Crippen LogP contribution < -0.4 is 5.32 Å². The van der Waals surface area contributed by atoms with E-state index in [1.165, 1.54) is 12.1 Å². The van der Waals surface area contributed by atoms with Gasteiger partial charge in [0.1, 0.15) is 5.82 Å². The summed E-state index contributed by atoms with van der Waals surface area (Å²) in [7, 11) is 0. The van der Waals surface area contributed by atoms with Gasteiger partial charge in [0.25, 0.3) is 0 Å². The summed E-state index contributed by atoms with van der Waals surface area (Å²) in [6.45, 7) is 4.22. The van der Waals surface area contributed by atoms with Crippen LogP contribution in [0.25, 0.3) is 11.3 Å². The molecule has 2 heterocycles. The minimum absolute atomic E-state index is 0.105. The number of hydrogen-bond acceptors (Lipinski definition) is 3. The summed E-state index contributed by atoms with van der Waals surface area (Å²) in [4.78, 5) is 13.3. The highest BCUT2D eigenvalue weighted by molar-refractivity contribution is 6.02.